The van der Waals surface area contributed by atoms with Gasteiger partial charge in [-0.15, -0.1) is 0 Å². The molecule has 108 valence electrons. The van der Waals surface area contributed by atoms with E-state index in [1.165, 1.54) is 0 Å². The Morgan fingerprint density at radius 3 is 2.57 bits per heavy atom. The van der Waals surface area contributed by atoms with E-state index in [1.807, 2.05) is 37.3 Å². The number of nitrogens with zero attached hydrogens (tertiary/aromatic N) is 3. The molecule has 0 aliphatic heterocycles. The first-order valence-corrected chi connectivity index (χ1v) is 7.54. The Balaban J connectivity index is 2.28. The molecule has 2 aromatic heterocycles. The van der Waals surface area contributed by atoms with Crippen molar-refractivity contribution in [2.75, 3.05) is 0 Å². The van der Waals surface area contributed by atoms with Gasteiger partial charge in [0.05, 0.1) is 11.3 Å². The van der Waals surface area contributed by atoms with Crippen LogP contribution in [-0.4, -0.2) is 14.6 Å². The monoisotopic (exact) mass is 319 g/mol. The summed E-state index contributed by atoms with van der Waals surface area (Å²) in [5.74, 6) is 0.309. The summed E-state index contributed by atoms with van der Waals surface area (Å²) in [6.07, 6.45) is 0. The second-order valence-corrected chi connectivity index (χ2v) is 6.15. The van der Waals surface area contributed by atoms with Crippen LogP contribution in [0.5, 0.6) is 0 Å². The van der Waals surface area contributed by atoms with Gasteiger partial charge < -0.3 is 0 Å². The standard InChI is InChI=1S/C16H15Cl2N3/c1-9(2)12-8-13-19-15(17)14(16(18)21(13)20-12)11-6-4-5-10(3)7-11/h4-9H,1-3H3. The molecule has 0 N–H and O–H groups in total. The van der Waals surface area contributed by atoms with Crippen molar-refractivity contribution < 1.29 is 0 Å². The van der Waals surface area contributed by atoms with Gasteiger partial charge in [-0.05, 0) is 18.4 Å². The summed E-state index contributed by atoms with van der Waals surface area (Å²) in [6.45, 7) is 6.19. The van der Waals surface area contributed by atoms with Crippen molar-refractivity contribution in [3.63, 3.8) is 0 Å². The van der Waals surface area contributed by atoms with E-state index >= 15 is 0 Å². The minimum absolute atomic E-state index is 0.309. The van der Waals surface area contributed by atoms with Crippen LogP contribution in [0.4, 0.5) is 0 Å². The molecule has 3 aromatic rings. The van der Waals surface area contributed by atoms with Gasteiger partial charge in [-0.1, -0.05) is 66.9 Å². The molecule has 0 saturated carbocycles. The van der Waals surface area contributed by atoms with Crippen molar-refractivity contribution in [1.82, 2.24) is 14.6 Å². The predicted molar refractivity (Wildman–Crippen MR) is 87.3 cm³/mol. The maximum Gasteiger partial charge on any atom is 0.158 e. The number of fused-ring (bicyclic) bond motifs is 1. The van der Waals surface area contributed by atoms with Crippen molar-refractivity contribution in [2.24, 2.45) is 0 Å². The molecule has 0 fully saturated rings. The van der Waals surface area contributed by atoms with Crippen LogP contribution >= 0.6 is 23.2 Å². The van der Waals surface area contributed by atoms with Crippen molar-refractivity contribution in [1.29, 1.82) is 0 Å². The molecule has 0 bridgehead atoms. The molecule has 2 heterocycles. The lowest BCUT2D eigenvalue weighted by molar-refractivity contribution is 0.787. The van der Waals surface area contributed by atoms with Gasteiger partial charge in [0.2, 0.25) is 0 Å². The largest absolute Gasteiger partial charge is 0.216 e. The Bertz CT molecular complexity index is 822. The molecular weight excluding hydrogens is 305 g/mol. The highest BCUT2D eigenvalue weighted by Gasteiger charge is 2.17. The maximum atomic E-state index is 6.53. The van der Waals surface area contributed by atoms with Crippen LogP contribution in [0.2, 0.25) is 10.3 Å². The number of benzene rings is 1. The highest BCUT2D eigenvalue weighted by atomic mass is 35.5. The summed E-state index contributed by atoms with van der Waals surface area (Å²) in [5, 5.41) is 5.41. The van der Waals surface area contributed by atoms with Crippen molar-refractivity contribution >= 4 is 28.8 Å². The number of rotatable bonds is 2. The van der Waals surface area contributed by atoms with Gasteiger partial charge in [-0.2, -0.15) is 5.10 Å². The van der Waals surface area contributed by atoms with Gasteiger partial charge in [0, 0.05) is 6.07 Å². The molecule has 1 aromatic carbocycles. The van der Waals surface area contributed by atoms with Crippen LogP contribution < -0.4 is 0 Å². The van der Waals surface area contributed by atoms with Gasteiger partial charge in [0.25, 0.3) is 0 Å². The van der Waals surface area contributed by atoms with Gasteiger partial charge in [0.15, 0.2) is 5.65 Å². The van der Waals surface area contributed by atoms with Crippen LogP contribution in [0.25, 0.3) is 16.8 Å². The lowest BCUT2D eigenvalue weighted by atomic mass is 10.1. The average molecular weight is 320 g/mol. The molecular formula is C16H15Cl2N3. The molecule has 3 rings (SSSR count). The van der Waals surface area contributed by atoms with Crippen molar-refractivity contribution in [2.45, 2.75) is 26.7 Å². The summed E-state index contributed by atoms with van der Waals surface area (Å²) in [7, 11) is 0. The first kappa shape index (κ1) is 14.4. The van der Waals surface area contributed by atoms with E-state index in [9.17, 15) is 0 Å². The van der Waals surface area contributed by atoms with Crippen LogP contribution in [0.15, 0.2) is 30.3 Å². The summed E-state index contributed by atoms with van der Waals surface area (Å²) in [6, 6.07) is 9.93. The fourth-order valence-corrected chi connectivity index (χ4v) is 2.94. The zero-order valence-corrected chi connectivity index (χ0v) is 13.6. The normalized spacial score (nSPS) is 11.5. The summed E-state index contributed by atoms with van der Waals surface area (Å²) in [4.78, 5) is 4.43. The molecule has 0 radical (unpaired) electrons. The van der Waals surface area contributed by atoms with Gasteiger partial charge in [-0.25, -0.2) is 9.50 Å². The number of halogens is 2. The first-order valence-electron chi connectivity index (χ1n) is 6.79. The number of aromatic nitrogens is 3. The third-order valence-electron chi connectivity index (χ3n) is 3.42. The summed E-state index contributed by atoms with van der Waals surface area (Å²) < 4.78 is 1.65. The van der Waals surface area contributed by atoms with E-state index in [2.05, 4.69) is 23.9 Å². The Morgan fingerprint density at radius 2 is 1.90 bits per heavy atom. The molecule has 21 heavy (non-hydrogen) atoms. The Labute approximate surface area is 133 Å². The fourth-order valence-electron chi connectivity index (χ4n) is 2.28. The number of hydrogen-bond acceptors (Lipinski definition) is 2. The topological polar surface area (TPSA) is 30.2 Å². The summed E-state index contributed by atoms with van der Waals surface area (Å²) >= 11 is 12.9. The fraction of sp³-hybridized carbons (Fsp3) is 0.250. The Kier molecular flexibility index (Phi) is 3.64. The molecule has 0 aliphatic rings. The molecule has 0 unspecified atom stereocenters. The van der Waals surface area contributed by atoms with Crippen molar-refractivity contribution in [3.05, 3.63) is 51.9 Å². The average Bonchev–Trinajstić information content (AvgIpc) is 2.83. The summed E-state index contributed by atoms with van der Waals surface area (Å²) in [5.41, 5.74) is 4.42. The lowest BCUT2D eigenvalue weighted by Crippen LogP contribution is -1.98. The van der Waals surface area contributed by atoms with Gasteiger partial charge in [0.1, 0.15) is 10.3 Å². The molecule has 0 amide bonds. The van der Waals surface area contributed by atoms with Crippen molar-refractivity contribution in [3.8, 4) is 11.1 Å². The zero-order chi connectivity index (χ0) is 15.1. The minimum atomic E-state index is 0.309. The van der Waals surface area contributed by atoms with Crippen LogP contribution in [0, 0.1) is 6.92 Å². The van der Waals surface area contributed by atoms with Crippen LogP contribution in [0.3, 0.4) is 0 Å². The highest BCUT2D eigenvalue weighted by Crippen LogP contribution is 2.34. The van der Waals surface area contributed by atoms with E-state index in [0.717, 1.165) is 16.8 Å². The Morgan fingerprint density at radius 1 is 1.14 bits per heavy atom. The maximum absolute atomic E-state index is 6.53. The van der Waals surface area contributed by atoms with E-state index in [-0.39, 0.29) is 0 Å². The number of aryl methyl sites for hydroxylation is 1. The highest BCUT2D eigenvalue weighted by molar-refractivity contribution is 6.38. The lowest BCUT2D eigenvalue weighted by Gasteiger charge is -2.09. The van der Waals surface area contributed by atoms with E-state index in [4.69, 9.17) is 23.2 Å². The smallest absolute Gasteiger partial charge is 0.158 e. The van der Waals surface area contributed by atoms with Crippen LogP contribution in [0.1, 0.15) is 31.0 Å². The third-order valence-corrected chi connectivity index (χ3v) is 4.04. The SMILES string of the molecule is Cc1cccc(-c2c(Cl)nc3cc(C(C)C)nn3c2Cl)c1. The molecule has 0 spiro atoms. The molecule has 0 atom stereocenters. The van der Waals surface area contributed by atoms with Gasteiger partial charge in [-0.3, -0.25) is 0 Å². The second-order valence-electron chi connectivity index (χ2n) is 5.43. The van der Waals surface area contributed by atoms with Gasteiger partial charge >= 0.3 is 0 Å². The molecule has 3 nitrogen and oxygen atoms in total. The second kappa shape index (κ2) is 5.32. The Hall–Kier alpha value is -1.58. The van der Waals surface area contributed by atoms with E-state index in [0.29, 0.717) is 27.4 Å². The minimum Gasteiger partial charge on any atom is -0.216 e. The zero-order valence-electron chi connectivity index (χ0n) is 12.1. The molecule has 5 heteroatoms. The molecule has 0 saturated heterocycles. The molecule has 0 aliphatic carbocycles. The van der Waals surface area contributed by atoms with E-state index in [1.54, 1.807) is 4.52 Å². The van der Waals surface area contributed by atoms with Crippen LogP contribution in [-0.2, 0) is 0 Å². The quantitative estimate of drug-likeness (QED) is 0.612. The predicted octanol–water partition coefficient (Wildman–Crippen LogP) is 5.13. The number of hydrogen-bond donors (Lipinski definition) is 0. The van der Waals surface area contributed by atoms with E-state index < -0.39 is 0 Å². The first-order chi connectivity index (χ1) is 9.97. The third kappa shape index (κ3) is 2.52.